The minimum absolute atomic E-state index is 0.283. The number of guanidine groups is 1. The number of hydrogen-bond acceptors (Lipinski definition) is 4. The lowest BCUT2D eigenvalue weighted by Crippen LogP contribution is -2.46. The van der Waals surface area contributed by atoms with Crippen molar-refractivity contribution < 1.29 is 0 Å². The van der Waals surface area contributed by atoms with Gasteiger partial charge in [-0.25, -0.2) is 9.67 Å². The van der Waals surface area contributed by atoms with Gasteiger partial charge in [0, 0.05) is 32.5 Å². The van der Waals surface area contributed by atoms with Crippen LogP contribution in [-0.4, -0.2) is 33.8 Å². The Morgan fingerprint density at radius 3 is 2.88 bits per heavy atom. The van der Waals surface area contributed by atoms with Gasteiger partial charge < -0.3 is 10.6 Å². The Bertz CT molecular complexity index is 783. The highest BCUT2D eigenvalue weighted by Crippen LogP contribution is 2.13. The van der Waals surface area contributed by atoms with Crippen LogP contribution in [0.4, 0.5) is 0 Å². The van der Waals surface area contributed by atoms with E-state index in [1.165, 1.54) is 0 Å². The molecular weight excluding hydrogens is 314 g/mol. The van der Waals surface area contributed by atoms with E-state index in [1.54, 1.807) is 7.05 Å². The summed E-state index contributed by atoms with van der Waals surface area (Å²) < 4.78 is 2.01. The molecule has 0 fully saturated rings. The average molecular weight is 337 g/mol. The first-order chi connectivity index (χ1) is 12.2. The topological polar surface area (TPSA) is 90.9 Å². The lowest BCUT2D eigenvalue weighted by Gasteiger charge is -2.25. The number of nitrogens with one attached hydrogen (secondary N) is 2. The first kappa shape index (κ1) is 17.0. The lowest BCUT2D eigenvalue weighted by molar-refractivity contribution is 0.392. The molecule has 0 spiro atoms. The number of hydrogen-bond donors (Lipinski definition) is 2. The van der Waals surface area contributed by atoms with Crippen molar-refractivity contribution in [3.8, 4) is 6.07 Å². The quantitative estimate of drug-likeness (QED) is 0.650. The fraction of sp³-hybridized carbons (Fsp3) is 0.444. The number of nitrogens with zero attached hydrogens (tertiary/aromatic N) is 5. The summed E-state index contributed by atoms with van der Waals surface area (Å²) in [5.74, 6) is 2.77. The highest BCUT2D eigenvalue weighted by Gasteiger charge is 2.21. The van der Waals surface area contributed by atoms with E-state index in [2.05, 4.69) is 38.7 Å². The van der Waals surface area contributed by atoms with Crippen LogP contribution in [0.1, 0.15) is 36.1 Å². The number of fused-ring (bicyclic) bond motifs is 1. The Balaban J connectivity index is 1.54. The van der Waals surface area contributed by atoms with Gasteiger partial charge in [-0.05, 0) is 24.1 Å². The van der Waals surface area contributed by atoms with Crippen LogP contribution in [-0.2, 0) is 25.9 Å². The van der Waals surface area contributed by atoms with Gasteiger partial charge in [0.25, 0.3) is 0 Å². The molecule has 130 valence electrons. The largest absolute Gasteiger partial charge is 0.352 e. The van der Waals surface area contributed by atoms with Crippen LogP contribution in [0.15, 0.2) is 29.3 Å². The zero-order chi connectivity index (χ0) is 17.6. The van der Waals surface area contributed by atoms with E-state index in [-0.39, 0.29) is 6.04 Å². The zero-order valence-electron chi connectivity index (χ0n) is 14.7. The van der Waals surface area contributed by atoms with E-state index in [4.69, 9.17) is 5.26 Å². The van der Waals surface area contributed by atoms with Gasteiger partial charge in [0.1, 0.15) is 5.82 Å². The van der Waals surface area contributed by atoms with Gasteiger partial charge in [0.15, 0.2) is 11.8 Å². The van der Waals surface area contributed by atoms with Gasteiger partial charge in [0.05, 0.1) is 18.2 Å². The fourth-order valence-corrected chi connectivity index (χ4v) is 2.90. The first-order valence-electron chi connectivity index (χ1n) is 8.60. The standard InChI is InChI=1S/C18H23N7/c1-3-16-23-17-9-8-15(12-25(17)24-16)22-18(20-2)21-11-14-6-4-13(10-19)5-7-14/h4-7,15H,3,8-9,11-12H2,1-2H3,(H2,20,21,22). The average Bonchev–Trinajstić information content (AvgIpc) is 3.08. The predicted octanol–water partition coefficient (Wildman–Crippen LogP) is 1.39. The Morgan fingerprint density at radius 1 is 1.40 bits per heavy atom. The normalized spacial score (nSPS) is 16.8. The second-order valence-corrected chi connectivity index (χ2v) is 6.09. The Labute approximate surface area is 147 Å². The Morgan fingerprint density at radius 2 is 2.20 bits per heavy atom. The number of aromatic nitrogens is 3. The van der Waals surface area contributed by atoms with Gasteiger partial charge in [0.2, 0.25) is 0 Å². The second-order valence-electron chi connectivity index (χ2n) is 6.09. The van der Waals surface area contributed by atoms with Crippen molar-refractivity contribution in [2.75, 3.05) is 7.05 Å². The summed E-state index contributed by atoms with van der Waals surface area (Å²) in [7, 11) is 1.77. The van der Waals surface area contributed by atoms with Crippen molar-refractivity contribution in [2.24, 2.45) is 4.99 Å². The summed E-state index contributed by atoms with van der Waals surface area (Å²) in [5, 5.41) is 20.2. The molecule has 7 nitrogen and oxygen atoms in total. The van der Waals surface area contributed by atoms with E-state index in [0.29, 0.717) is 12.1 Å². The molecule has 0 amide bonds. The van der Waals surface area contributed by atoms with Crippen LogP contribution in [0.3, 0.4) is 0 Å². The molecule has 1 aromatic heterocycles. The third-order valence-corrected chi connectivity index (χ3v) is 4.33. The summed E-state index contributed by atoms with van der Waals surface area (Å²) in [6.45, 7) is 3.54. The SMILES string of the molecule is CCc1nc2n(n1)CC(NC(=NC)NCc1ccc(C#N)cc1)CC2. The summed E-state index contributed by atoms with van der Waals surface area (Å²) in [6, 6.07) is 9.97. The van der Waals surface area contributed by atoms with Crippen LogP contribution < -0.4 is 10.6 Å². The van der Waals surface area contributed by atoms with Crippen LogP contribution in [0.5, 0.6) is 0 Å². The van der Waals surface area contributed by atoms with Gasteiger partial charge in [-0.15, -0.1) is 0 Å². The van der Waals surface area contributed by atoms with Crippen LogP contribution in [0.25, 0.3) is 0 Å². The van der Waals surface area contributed by atoms with E-state index in [0.717, 1.165) is 49.0 Å². The molecule has 1 aliphatic heterocycles. The highest BCUT2D eigenvalue weighted by molar-refractivity contribution is 5.79. The third-order valence-electron chi connectivity index (χ3n) is 4.33. The van der Waals surface area contributed by atoms with E-state index in [9.17, 15) is 0 Å². The lowest BCUT2D eigenvalue weighted by atomic mass is 10.1. The highest BCUT2D eigenvalue weighted by atomic mass is 15.4. The van der Waals surface area contributed by atoms with Crippen molar-refractivity contribution in [1.29, 1.82) is 5.26 Å². The Hall–Kier alpha value is -2.88. The molecule has 1 unspecified atom stereocenters. The van der Waals surface area contributed by atoms with Crippen molar-refractivity contribution >= 4 is 5.96 Å². The van der Waals surface area contributed by atoms with E-state index >= 15 is 0 Å². The van der Waals surface area contributed by atoms with Crippen molar-refractivity contribution in [2.45, 2.75) is 45.3 Å². The number of aryl methyl sites for hydroxylation is 2. The van der Waals surface area contributed by atoms with E-state index in [1.807, 2.05) is 28.9 Å². The molecule has 0 aliphatic carbocycles. The van der Waals surface area contributed by atoms with Gasteiger partial charge in [-0.1, -0.05) is 19.1 Å². The van der Waals surface area contributed by atoms with E-state index < -0.39 is 0 Å². The number of aliphatic imine (C=N–C) groups is 1. The molecule has 7 heteroatoms. The minimum atomic E-state index is 0.283. The third kappa shape index (κ3) is 4.15. The molecule has 0 saturated heterocycles. The van der Waals surface area contributed by atoms with Crippen molar-refractivity contribution in [1.82, 2.24) is 25.4 Å². The molecule has 0 bridgehead atoms. The number of rotatable bonds is 4. The number of benzene rings is 1. The van der Waals surface area contributed by atoms with Crippen LogP contribution in [0, 0.1) is 11.3 Å². The number of nitriles is 1. The Kier molecular flexibility index (Phi) is 5.29. The van der Waals surface area contributed by atoms with Crippen molar-refractivity contribution in [3.63, 3.8) is 0 Å². The monoisotopic (exact) mass is 337 g/mol. The molecule has 0 saturated carbocycles. The van der Waals surface area contributed by atoms with Crippen LogP contribution in [0.2, 0.25) is 0 Å². The van der Waals surface area contributed by atoms with Gasteiger partial charge in [-0.3, -0.25) is 4.99 Å². The molecule has 2 heterocycles. The maximum Gasteiger partial charge on any atom is 0.191 e. The molecule has 1 aliphatic rings. The van der Waals surface area contributed by atoms with Crippen molar-refractivity contribution in [3.05, 3.63) is 47.0 Å². The van der Waals surface area contributed by atoms with Gasteiger partial charge in [-0.2, -0.15) is 10.4 Å². The predicted molar refractivity (Wildman–Crippen MR) is 96.0 cm³/mol. The smallest absolute Gasteiger partial charge is 0.191 e. The summed E-state index contributed by atoms with van der Waals surface area (Å²) >= 11 is 0. The molecule has 3 rings (SSSR count). The molecule has 1 atom stereocenters. The fourth-order valence-electron chi connectivity index (χ4n) is 2.90. The molecule has 1 aromatic carbocycles. The zero-order valence-corrected chi connectivity index (χ0v) is 14.7. The minimum Gasteiger partial charge on any atom is -0.352 e. The first-order valence-corrected chi connectivity index (χ1v) is 8.60. The van der Waals surface area contributed by atoms with Crippen LogP contribution >= 0.6 is 0 Å². The molecule has 25 heavy (non-hydrogen) atoms. The molecule has 0 radical (unpaired) electrons. The summed E-state index contributed by atoms with van der Waals surface area (Å²) in [5.41, 5.74) is 1.78. The molecule has 2 N–H and O–H groups in total. The molecular formula is C18H23N7. The summed E-state index contributed by atoms with van der Waals surface area (Å²) in [4.78, 5) is 8.85. The maximum atomic E-state index is 8.85. The molecule has 2 aromatic rings. The van der Waals surface area contributed by atoms with Gasteiger partial charge >= 0.3 is 0 Å². The second kappa shape index (κ2) is 7.79. The maximum absolute atomic E-state index is 8.85. The summed E-state index contributed by atoms with van der Waals surface area (Å²) in [6.07, 6.45) is 2.81.